The summed E-state index contributed by atoms with van der Waals surface area (Å²) in [6.45, 7) is 11.9. The third kappa shape index (κ3) is 2.82. The van der Waals surface area contributed by atoms with Crippen molar-refractivity contribution in [1.29, 1.82) is 0 Å². The fourth-order valence-electron chi connectivity index (χ4n) is 3.92. The first kappa shape index (κ1) is 16.0. The van der Waals surface area contributed by atoms with Crippen LogP contribution in [0.4, 0.5) is 0 Å². The number of hydrogen-bond donors (Lipinski definition) is 0. The molecular formula is C17H29N3O2. The van der Waals surface area contributed by atoms with Gasteiger partial charge < -0.3 is 14.0 Å². The highest BCUT2D eigenvalue weighted by Crippen LogP contribution is 2.42. The van der Waals surface area contributed by atoms with Crippen molar-refractivity contribution < 1.29 is 9.47 Å². The van der Waals surface area contributed by atoms with Gasteiger partial charge in [0.2, 0.25) is 0 Å². The van der Waals surface area contributed by atoms with Gasteiger partial charge in [0, 0.05) is 45.0 Å². The lowest BCUT2D eigenvalue weighted by molar-refractivity contribution is -0.0549. The van der Waals surface area contributed by atoms with Crippen LogP contribution in [0.15, 0.2) is 6.33 Å². The number of aromatic nitrogens is 2. The van der Waals surface area contributed by atoms with Crippen molar-refractivity contribution in [3.05, 3.63) is 17.7 Å². The van der Waals surface area contributed by atoms with Gasteiger partial charge in [-0.3, -0.25) is 4.90 Å². The van der Waals surface area contributed by atoms with Gasteiger partial charge in [-0.15, -0.1) is 0 Å². The maximum atomic E-state index is 5.79. The summed E-state index contributed by atoms with van der Waals surface area (Å²) in [6, 6.07) is 0. The molecule has 3 rings (SSSR count). The first-order chi connectivity index (χ1) is 10.7. The summed E-state index contributed by atoms with van der Waals surface area (Å²) in [7, 11) is 0. The van der Waals surface area contributed by atoms with E-state index in [0.717, 1.165) is 58.7 Å². The number of imidazole rings is 1. The molecular weight excluding hydrogens is 278 g/mol. The number of ether oxygens (including phenoxy) is 2. The van der Waals surface area contributed by atoms with Gasteiger partial charge in [0.1, 0.15) is 0 Å². The Labute approximate surface area is 133 Å². The molecule has 5 nitrogen and oxygen atoms in total. The third-order valence-corrected chi connectivity index (χ3v) is 5.08. The molecule has 0 atom stereocenters. The molecule has 0 aliphatic carbocycles. The first-order valence-corrected chi connectivity index (χ1v) is 8.66. The zero-order valence-corrected chi connectivity index (χ0v) is 14.2. The van der Waals surface area contributed by atoms with E-state index in [2.05, 4.69) is 30.2 Å². The summed E-state index contributed by atoms with van der Waals surface area (Å²) in [5, 5.41) is 0. The molecule has 0 saturated carbocycles. The van der Waals surface area contributed by atoms with Crippen molar-refractivity contribution in [3.63, 3.8) is 0 Å². The maximum absolute atomic E-state index is 5.79. The molecule has 0 aromatic carbocycles. The van der Waals surface area contributed by atoms with E-state index in [1.807, 2.05) is 6.33 Å². The Bertz CT molecular complexity index is 492. The summed E-state index contributed by atoms with van der Waals surface area (Å²) >= 11 is 0. The second kappa shape index (κ2) is 6.69. The Morgan fingerprint density at radius 3 is 2.82 bits per heavy atom. The zero-order valence-electron chi connectivity index (χ0n) is 14.2. The molecule has 124 valence electrons. The van der Waals surface area contributed by atoms with Crippen LogP contribution in [-0.2, 0) is 28.0 Å². The fraction of sp³-hybridized carbons (Fsp3) is 0.824. The van der Waals surface area contributed by atoms with E-state index in [0.29, 0.717) is 6.10 Å². The number of fused-ring (bicyclic) bond motifs is 2. The van der Waals surface area contributed by atoms with Crippen molar-refractivity contribution in [2.45, 2.75) is 58.2 Å². The lowest BCUT2D eigenvalue weighted by Crippen LogP contribution is -2.54. The van der Waals surface area contributed by atoms with Crippen molar-refractivity contribution in [2.24, 2.45) is 0 Å². The number of nitrogens with zero attached hydrogens (tertiary/aromatic N) is 3. The van der Waals surface area contributed by atoms with Crippen LogP contribution in [0.1, 0.15) is 45.0 Å². The van der Waals surface area contributed by atoms with Crippen LogP contribution in [-0.4, -0.2) is 53.5 Å². The van der Waals surface area contributed by atoms with Crippen molar-refractivity contribution >= 4 is 0 Å². The van der Waals surface area contributed by atoms with Crippen LogP contribution in [0.25, 0.3) is 0 Å². The molecule has 3 heterocycles. The molecule has 0 bridgehead atoms. The van der Waals surface area contributed by atoms with Gasteiger partial charge in [0.15, 0.2) is 0 Å². The van der Waals surface area contributed by atoms with Gasteiger partial charge in [0.25, 0.3) is 0 Å². The van der Waals surface area contributed by atoms with E-state index < -0.39 is 0 Å². The highest BCUT2D eigenvalue weighted by Gasteiger charge is 2.45. The Morgan fingerprint density at radius 1 is 1.36 bits per heavy atom. The molecule has 1 aromatic rings. The molecule has 22 heavy (non-hydrogen) atoms. The van der Waals surface area contributed by atoms with E-state index in [1.165, 1.54) is 11.4 Å². The van der Waals surface area contributed by atoms with Gasteiger partial charge in [-0.1, -0.05) is 0 Å². The minimum absolute atomic E-state index is 0.0621. The fourth-order valence-corrected chi connectivity index (χ4v) is 3.92. The molecule has 0 N–H and O–H groups in total. The van der Waals surface area contributed by atoms with Crippen LogP contribution in [0.2, 0.25) is 0 Å². The highest BCUT2D eigenvalue weighted by atomic mass is 16.5. The third-order valence-electron chi connectivity index (χ3n) is 5.08. The SMILES string of the molecule is CCn1cnc2c1CCN(CCOC(C)C)C21CCOCC1. The van der Waals surface area contributed by atoms with E-state index in [9.17, 15) is 0 Å². The molecule has 2 aliphatic rings. The second-order valence-corrected chi connectivity index (χ2v) is 6.63. The summed E-state index contributed by atoms with van der Waals surface area (Å²) in [4.78, 5) is 7.43. The van der Waals surface area contributed by atoms with Crippen LogP contribution in [0, 0.1) is 0 Å². The summed E-state index contributed by atoms with van der Waals surface area (Å²) < 4.78 is 13.8. The minimum Gasteiger partial charge on any atom is -0.381 e. The van der Waals surface area contributed by atoms with Gasteiger partial charge in [-0.2, -0.15) is 0 Å². The predicted molar refractivity (Wildman–Crippen MR) is 86.0 cm³/mol. The average molecular weight is 307 g/mol. The van der Waals surface area contributed by atoms with E-state index in [1.54, 1.807) is 0 Å². The predicted octanol–water partition coefficient (Wildman–Crippen LogP) is 2.19. The Morgan fingerprint density at radius 2 is 2.14 bits per heavy atom. The number of aryl methyl sites for hydroxylation is 1. The lowest BCUT2D eigenvalue weighted by Gasteiger charge is -2.48. The van der Waals surface area contributed by atoms with Crippen LogP contribution in [0.3, 0.4) is 0 Å². The minimum atomic E-state index is 0.0621. The average Bonchev–Trinajstić information content (AvgIpc) is 2.94. The van der Waals surface area contributed by atoms with Crippen LogP contribution < -0.4 is 0 Å². The molecule has 2 aliphatic heterocycles. The van der Waals surface area contributed by atoms with Crippen molar-refractivity contribution in [3.8, 4) is 0 Å². The van der Waals surface area contributed by atoms with Gasteiger partial charge in [-0.05, 0) is 33.6 Å². The van der Waals surface area contributed by atoms with Crippen LogP contribution in [0.5, 0.6) is 0 Å². The van der Waals surface area contributed by atoms with Crippen molar-refractivity contribution in [2.75, 3.05) is 32.9 Å². The molecule has 0 radical (unpaired) electrons. The summed E-state index contributed by atoms with van der Waals surface area (Å²) in [5.41, 5.74) is 2.80. The normalized spacial score (nSPS) is 21.5. The largest absolute Gasteiger partial charge is 0.381 e. The van der Waals surface area contributed by atoms with Gasteiger partial charge in [0.05, 0.1) is 30.3 Å². The molecule has 0 unspecified atom stereocenters. The Kier molecular flexibility index (Phi) is 4.85. The quantitative estimate of drug-likeness (QED) is 0.836. The maximum Gasteiger partial charge on any atom is 0.0952 e. The molecule has 1 aromatic heterocycles. The lowest BCUT2D eigenvalue weighted by atomic mass is 9.80. The smallest absolute Gasteiger partial charge is 0.0952 e. The first-order valence-electron chi connectivity index (χ1n) is 8.66. The summed E-state index contributed by atoms with van der Waals surface area (Å²) in [6.07, 6.45) is 5.50. The van der Waals surface area contributed by atoms with E-state index >= 15 is 0 Å². The van der Waals surface area contributed by atoms with Crippen LogP contribution >= 0.6 is 0 Å². The van der Waals surface area contributed by atoms with Crippen molar-refractivity contribution in [1.82, 2.24) is 14.5 Å². The highest BCUT2D eigenvalue weighted by molar-refractivity contribution is 5.27. The molecule has 0 amide bonds. The standard InChI is InChI=1S/C17H29N3O2/c1-4-19-13-18-16-15(19)5-8-20(9-12-22-14(2)3)17(16)6-10-21-11-7-17/h13-14H,4-12H2,1-3H3. The zero-order chi connectivity index (χ0) is 15.6. The van der Waals surface area contributed by atoms with E-state index in [4.69, 9.17) is 14.5 Å². The number of rotatable bonds is 5. The second-order valence-electron chi connectivity index (χ2n) is 6.63. The molecule has 1 fully saturated rings. The summed E-state index contributed by atoms with van der Waals surface area (Å²) in [5.74, 6) is 0. The Hall–Kier alpha value is -0.910. The topological polar surface area (TPSA) is 39.5 Å². The molecule has 5 heteroatoms. The molecule has 1 spiro atoms. The van der Waals surface area contributed by atoms with E-state index in [-0.39, 0.29) is 5.54 Å². The monoisotopic (exact) mass is 307 g/mol. The molecule has 1 saturated heterocycles. The van der Waals surface area contributed by atoms with Gasteiger partial charge >= 0.3 is 0 Å². The Balaban J connectivity index is 1.84. The number of hydrogen-bond acceptors (Lipinski definition) is 4. The van der Waals surface area contributed by atoms with Gasteiger partial charge in [-0.25, -0.2) is 4.98 Å².